The van der Waals surface area contributed by atoms with Crippen molar-refractivity contribution in [3.8, 4) is 0 Å². The van der Waals surface area contributed by atoms with Gasteiger partial charge in [0.05, 0.1) is 18.7 Å². The van der Waals surface area contributed by atoms with Gasteiger partial charge in [0.15, 0.2) is 0 Å². The van der Waals surface area contributed by atoms with E-state index in [2.05, 4.69) is 17.2 Å². The number of amides is 1. The second-order valence-corrected chi connectivity index (χ2v) is 7.21. The van der Waals surface area contributed by atoms with Gasteiger partial charge >= 0.3 is 12.1 Å². The second kappa shape index (κ2) is 10.4. The maximum Gasteiger partial charge on any atom is 0.407 e. The standard InChI is InChI=1S/C21H30N2O4/c1-7-10-15(2)13-16(23-20(25)27-21(3,4)5)14-22-18-12-9-8-11-17(18)19(24)26-6/h7-12,16,22H,1,13-14H2,2-6H3,(H,23,25)/b15-10+/t16-/m0/s1. The fourth-order valence-electron chi connectivity index (χ4n) is 2.46. The number of rotatable bonds is 8. The Morgan fingerprint density at radius 2 is 1.93 bits per heavy atom. The molecule has 1 aromatic rings. The molecule has 148 valence electrons. The van der Waals surface area contributed by atoms with E-state index in [1.54, 1.807) is 24.3 Å². The fourth-order valence-corrected chi connectivity index (χ4v) is 2.46. The van der Waals surface area contributed by atoms with E-state index < -0.39 is 17.7 Å². The lowest BCUT2D eigenvalue weighted by molar-refractivity contribution is 0.0505. The van der Waals surface area contributed by atoms with Crippen LogP contribution in [0.15, 0.2) is 48.6 Å². The molecule has 0 spiro atoms. The Balaban J connectivity index is 2.88. The first-order valence-electron chi connectivity index (χ1n) is 8.85. The number of carbonyl (C=O) groups is 2. The maximum atomic E-state index is 12.2. The van der Waals surface area contributed by atoms with E-state index in [-0.39, 0.29) is 6.04 Å². The molecule has 0 bridgehead atoms. The lowest BCUT2D eigenvalue weighted by Gasteiger charge is -2.24. The molecule has 0 aliphatic rings. The predicted molar refractivity (Wildman–Crippen MR) is 108 cm³/mol. The molecule has 6 nitrogen and oxygen atoms in total. The third kappa shape index (κ3) is 8.44. The summed E-state index contributed by atoms with van der Waals surface area (Å²) in [6.45, 7) is 11.5. The number of nitrogens with one attached hydrogen (secondary N) is 2. The molecule has 1 rings (SSSR count). The molecule has 1 aromatic carbocycles. The molecule has 0 saturated carbocycles. The van der Waals surface area contributed by atoms with Gasteiger partial charge < -0.3 is 20.1 Å². The summed E-state index contributed by atoms with van der Waals surface area (Å²) >= 11 is 0. The minimum atomic E-state index is -0.578. The highest BCUT2D eigenvalue weighted by atomic mass is 16.6. The number of benzene rings is 1. The van der Waals surface area contributed by atoms with Crippen LogP contribution in [0.3, 0.4) is 0 Å². The van der Waals surface area contributed by atoms with Crippen LogP contribution < -0.4 is 10.6 Å². The zero-order valence-corrected chi connectivity index (χ0v) is 16.8. The zero-order valence-electron chi connectivity index (χ0n) is 16.8. The van der Waals surface area contributed by atoms with Gasteiger partial charge in [0, 0.05) is 12.2 Å². The quantitative estimate of drug-likeness (QED) is 0.524. The van der Waals surface area contributed by atoms with Crippen LogP contribution in [-0.4, -0.2) is 37.4 Å². The van der Waals surface area contributed by atoms with Crippen molar-refractivity contribution >= 4 is 17.7 Å². The highest BCUT2D eigenvalue weighted by Crippen LogP contribution is 2.17. The number of carbonyl (C=O) groups excluding carboxylic acids is 2. The number of hydrogen-bond acceptors (Lipinski definition) is 5. The molecule has 1 atom stereocenters. The van der Waals surface area contributed by atoms with Gasteiger partial charge in [0.25, 0.3) is 0 Å². The molecule has 0 aliphatic heterocycles. The number of alkyl carbamates (subject to hydrolysis) is 1. The van der Waals surface area contributed by atoms with Crippen molar-refractivity contribution in [3.63, 3.8) is 0 Å². The molecule has 27 heavy (non-hydrogen) atoms. The molecule has 0 heterocycles. The molecule has 0 saturated heterocycles. The summed E-state index contributed by atoms with van der Waals surface area (Å²) in [5.74, 6) is -0.419. The normalized spacial score (nSPS) is 12.7. The smallest absolute Gasteiger partial charge is 0.407 e. The Morgan fingerprint density at radius 3 is 2.52 bits per heavy atom. The first kappa shape index (κ1) is 22.3. The first-order valence-corrected chi connectivity index (χ1v) is 8.85. The predicted octanol–water partition coefficient (Wildman–Crippen LogP) is 4.30. The molecule has 0 unspecified atom stereocenters. The molecule has 0 fully saturated rings. The summed E-state index contributed by atoms with van der Waals surface area (Å²) in [5, 5.41) is 6.10. The number of methoxy groups -OCH3 is 1. The topological polar surface area (TPSA) is 76.7 Å². The largest absolute Gasteiger partial charge is 0.465 e. The molecule has 2 N–H and O–H groups in total. The lowest BCUT2D eigenvalue weighted by Crippen LogP contribution is -2.42. The molecule has 0 aromatic heterocycles. The third-order valence-corrected chi connectivity index (χ3v) is 3.56. The summed E-state index contributed by atoms with van der Waals surface area (Å²) in [6, 6.07) is 6.84. The van der Waals surface area contributed by atoms with Crippen molar-refractivity contribution in [2.24, 2.45) is 0 Å². The Bertz CT molecular complexity index is 690. The molecule has 0 radical (unpaired) electrons. The van der Waals surface area contributed by atoms with Crippen molar-refractivity contribution < 1.29 is 19.1 Å². The third-order valence-electron chi connectivity index (χ3n) is 3.56. The molecular weight excluding hydrogens is 344 g/mol. The van der Waals surface area contributed by atoms with Gasteiger partial charge in [0.1, 0.15) is 5.60 Å². The Kier molecular flexibility index (Phi) is 8.59. The monoisotopic (exact) mass is 374 g/mol. The number of para-hydroxylation sites is 1. The summed E-state index contributed by atoms with van der Waals surface area (Å²) < 4.78 is 10.2. The summed E-state index contributed by atoms with van der Waals surface area (Å²) in [4.78, 5) is 24.1. The molecular formula is C21H30N2O4. The van der Waals surface area contributed by atoms with Gasteiger partial charge in [-0.15, -0.1) is 0 Å². The van der Waals surface area contributed by atoms with Crippen LogP contribution in [0, 0.1) is 0 Å². The Hall–Kier alpha value is -2.76. The maximum absolute atomic E-state index is 12.2. The van der Waals surface area contributed by atoms with Crippen molar-refractivity contribution in [3.05, 3.63) is 54.1 Å². The zero-order chi connectivity index (χ0) is 20.4. The summed E-state index contributed by atoms with van der Waals surface area (Å²) in [5.41, 5.74) is 1.57. The van der Waals surface area contributed by atoms with Gasteiger partial charge in [-0.3, -0.25) is 0 Å². The van der Waals surface area contributed by atoms with Crippen molar-refractivity contribution in [2.45, 2.75) is 45.8 Å². The number of esters is 1. The average molecular weight is 374 g/mol. The van der Waals surface area contributed by atoms with Crippen LogP contribution >= 0.6 is 0 Å². The fraction of sp³-hybridized carbons (Fsp3) is 0.429. The van der Waals surface area contributed by atoms with Crippen molar-refractivity contribution in [1.29, 1.82) is 0 Å². The van der Waals surface area contributed by atoms with Gasteiger partial charge in [0.2, 0.25) is 0 Å². The molecule has 6 heteroatoms. The van der Waals surface area contributed by atoms with Crippen LogP contribution in [-0.2, 0) is 9.47 Å². The Morgan fingerprint density at radius 1 is 1.26 bits per heavy atom. The lowest BCUT2D eigenvalue weighted by atomic mass is 10.1. The summed E-state index contributed by atoms with van der Waals surface area (Å²) in [7, 11) is 1.34. The van der Waals surface area contributed by atoms with Gasteiger partial charge in [-0.05, 0) is 46.2 Å². The molecule has 1 amide bonds. The van der Waals surface area contributed by atoms with Gasteiger partial charge in [-0.1, -0.05) is 36.4 Å². The van der Waals surface area contributed by atoms with Crippen molar-refractivity contribution in [2.75, 3.05) is 19.0 Å². The molecule has 0 aliphatic carbocycles. The van der Waals surface area contributed by atoms with Crippen LogP contribution in [0.25, 0.3) is 0 Å². The van der Waals surface area contributed by atoms with E-state index >= 15 is 0 Å². The van der Waals surface area contributed by atoms with Crippen molar-refractivity contribution in [1.82, 2.24) is 5.32 Å². The van der Waals surface area contributed by atoms with Crippen LogP contribution in [0.2, 0.25) is 0 Å². The first-order chi connectivity index (χ1) is 12.7. The minimum Gasteiger partial charge on any atom is -0.465 e. The van der Waals surface area contributed by atoms with Crippen LogP contribution in [0.5, 0.6) is 0 Å². The van der Waals surface area contributed by atoms with Gasteiger partial charge in [-0.25, -0.2) is 9.59 Å². The van der Waals surface area contributed by atoms with E-state index in [4.69, 9.17) is 9.47 Å². The Labute approximate surface area is 161 Å². The SMILES string of the molecule is C=C/C=C(\C)C[C@@H](CNc1ccccc1C(=O)OC)NC(=O)OC(C)(C)C. The van der Waals surface area contributed by atoms with E-state index in [9.17, 15) is 9.59 Å². The number of hydrogen-bond donors (Lipinski definition) is 2. The van der Waals surface area contributed by atoms with E-state index in [1.165, 1.54) is 7.11 Å². The number of anilines is 1. The number of ether oxygens (including phenoxy) is 2. The van der Waals surface area contributed by atoms with E-state index in [0.717, 1.165) is 5.57 Å². The summed E-state index contributed by atoms with van der Waals surface area (Å²) in [6.07, 6.45) is 3.73. The van der Waals surface area contributed by atoms with Gasteiger partial charge in [-0.2, -0.15) is 0 Å². The van der Waals surface area contributed by atoms with Crippen LogP contribution in [0.1, 0.15) is 44.5 Å². The van der Waals surface area contributed by atoms with E-state index in [1.807, 2.05) is 39.8 Å². The average Bonchev–Trinajstić information content (AvgIpc) is 2.57. The number of allylic oxidation sites excluding steroid dienone is 2. The van der Waals surface area contributed by atoms with E-state index in [0.29, 0.717) is 24.2 Å². The second-order valence-electron chi connectivity index (χ2n) is 7.21. The minimum absolute atomic E-state index is 0.234. The van der Waals surface area contributed by atoms with Crippen LogP contribution in [0.4, 0.5) is 10.5 Å². The highest BCUT2D eigenvalue weighted by molar-refractivity contribution is 5.95. The highest BCUT2D eigenvalue weighted by Gasteiger charge is 2.20.